The molecule has 0 aliphatic heterocycles. The Bertz CT molecular complexity index is 1010. The molecule has 0 radical (unpaired) electrons. The summed E-state index contributed by atoms with van der Waals surface area (Å²) >= 11 is 0. The highest BCUT2D eigenvalue weighted by atomic mass is 16.5. The quantitative estimate of drug-likeness (QED) is 0.625. The number of anilines is 2. The van der Waals surface area contributed by atoms with Crippen LogP contribution in [0.1, 0.15) is 11.1 Å². The van der Waals surface area contributed by atoms with Crippen LogP contribution < -0.4 is 20.1 Å². The van der Waals surface area contributed by atoms with Crippen molar-refractivity contribution in [2.75, 3.05) is 31.4 Å². The van der Waals surface area contributed by atoms with Gasteiger partial charge >= 0.3 is 0 Å². The molecule has 0 unspecified atom stereocenters. The van der Waals surface area contributed by atoms with Gasteiger partial charge in [-0.2, -0.15) is 0 Å². The number of amides is 1. The van der Waals surface area contributed by atoms with Crippen LogP contribution in [0, 0.1) is 11.8 Å². The highest BCUT2D eigenvalue weighted by Crippen LogP contribution is 2.25. The Morgan fingerprint density at radius 2 is 1.45 bits per heavy atom. The highest BCUT2D eigenvalue weighted by molar-refractivity contribution is 5.94. The van der Waals surface area contributed by atoms with E-state index in [1.165, 1.54) is 0 Å². The lowest BCUT2D eigenvalue weighted by atomic mass is 10.1. The van der Waals surface area contributed by atoms with Crippen LogP contribution in [-0.4, -0.2) is 26.7 Å². The average molecular weight is 386 g/mol. The van der Waals surface area contributed by atoms with Crippen LogP contribution in [0.25, 0.3) is 0 Å². The van der Waals surface area contributed by atoms with E-state index in [1.54, 1.807) is 32.4 Å². The SMILES string of the molecule is COc1cc(NC(=O)CNc2cccc(C#Cc3ccccc3)c2)cc(OC)c1. The number of hydrogen-bond acceptors (Lipinski definition) is 4. The number of methoxy groups -OCH3 is 2. The fraction of sp³-hybridized carbons (Fsp3) is 0.125. The zero-order valence-corrected chi connectivity index (χ0v) is 16.4. The third-order valence-corrected chi connectivity index (χ3v) is 4.08. The fourth-order valence-electron chi connectivity index (χ4n) is 2.64. The van der Waals surface area contributed by atoms with Gasteiger partial charge in [-0.25, -0.2) is 0 Å². The molecule has 3 rings (SSSR count). The van der Waals surface area contributed by atoms with E-state index in [4.69, 9.17) is 9.47 Å². The number of ether oxygens (including phenoxy) is 2. The molecule has 0 aliphatic rings. The van der Waals surface area contributed by atoms with E-state index in [2.05, 4.69) is 22.5 Å². The van der Waals surface area contributed by atoms with Gasteiger partial charge in [-0.1, -0.05) is 36.1 Å². The number of hydrogen-bond donors (Lipinski definition) is 2. The summed E-state index contributed by atoms with van der Waals surface area (Å²) in [7, 11) is 3.13. The van der Waals surface area contributed by atoms with Gasteiger partial charge in [0.1, 0.15) is 11.5 Å². The lowest BCUT2D eigenvalue weighted by Crippen LogP contribution is -2.21. The maximum absolute atomic E-state index is 12.3. The van der Waals surface area contributed by atoms with E-state index in [-0.39, 0.29) is 12.5 Å². The van der Waals surface area contributed by atoms with Crippen molar-refractivity contribution in [3.63, 3.8) is 0 Å². The lowest BCUT2D eigenvalue weighted by molar-refractivity contribution is -0.114. The Balaban J connectivity index is 1.60. The summed E-state index contributed by atoms with van der Waals surface area (Å²) in [4.78, 5) is 12.3. The topological polar surface area (TPSA) is 59.6 Å². The molecule has 0 aliphatic carbocycles. The Morgan fingerprint density at radius 1 is 0.793 bits per heavy atom. The Kier molecular flexibility index (Phi) is 6.75. The van der Waals surface area contributed by atoms with Gasteiger partial charge in [0.05, 0.1) is 20.8 Å². The van der Waals surface area contributed by atoms with Gasteiger partial charge in [0, 0.05) is 40.7 Å². The smallest absolute Gasteiger partial charge is 0.243 e. The van der Waals surface area contributed by atoms with Gasteiger partial charge in [-0.15, -0.1) is 0 Å². The molecule has 0 fully saturated rings. The molecule has 146 valence electrons. The van der Waals surface area contributed by atoms with E-state index >= 15 is 0 Å². The summed E-state index contributed by atoms with van der Waals surface area (Å²) in [6, 6.07) is 22.7. The third-order valence-electron chi connectivity index (χ3n) is 4.08. The van der Waals surface area contributed by atoms with Crippen LogP contribution in [0.3, 0.4) is 0 Å². The van der Waals surface area contributed by atoms with E-state index in [0.29, 0.717) is 17.2 Å². The predicted molar refractivity (Wildman–Crippen MR) is 116 cm³/mol. The van der Waals surface area contributed by atoms with Crippen LogP contribution in [0.4, 0.5) is 11.4 Å². The molecule has 0 spiro atoms. The number of carbonyl (C=O) groups is 1. The van der Waals surface area contributed by atoms with Gasteiger partial charge in [0.15, 0.2) is 0 Å². The first kappa shape index (κ1) is 19.8. The molecule has 0 saturated heterocycles. The molecule has 1 amide bonds. The summed E-state index contributed by atoms with van der Waals surface area (Å²) in [6.07, 6.45) is 0. The maximum atomic E-state index is 12.3. The van der Waals surface area contributed by atoms with Crippen molar-refractivity contribution in [3.8, 4) is 23.3 Å². The molecule has 0 heterocycles. The van der Waals surface area contributed by atoms with Gasteiger partial charge < -0.3 is 20.1 Å². The predicted octanol–water partition coefficient (Wildman–Crippen LogP) is 4.15. The molecule has 2 N–H and O–H groups in total. The van der Waals surface area contributed by atoms with Gasteiger partial charge in [0.2, 0.25) is 5.91 Å². The van der Waals surface area contributed by atoms with Crippen LogP contribution in [0.15, 0.2) is 72.8 Å². The zero-order chi connectivity index (χ0) is 20.5. The van der Waals surface area contributed by atoms with E-state index < -0.39 is 0 Å². The summed E-state index contributed by atoms with van der Waals surface area (Å²) in [5.74, 6) is 7.30. The molecule has 3 aromatic rings. The third kappa shape index (κ3) is 6.05. The minimum Gasteiger partial charge on any atom is -0.497 e. The molecular formula is C24H22N2O3. The Hall–Kier alpha value is -3.91. The monoisotopic (exact) mass is 386 g/mol. The van der Waals surface area contributed by atoms with Crippen molar-refractivity contribution in [2.45, 2.75) is 0 Å². The standard InChI is InChI=1S/C24H22N2O3/c1-28-22-14-21(15-23(16-22)29-2)26-24(27)17-25-20-10-6-9-19(13-20)12-11-18-7-4-3-5-8-18/h3-10,13-16,25H,17H2,1-2H3,(H,26,27). The molecular weight excluding hydrogens is 364 g/mol. The van der Waals surface area contributed by atoms with Crippen LogP contribution in [-0.2, 0) is 4.79 Å². The summed E-state index contributed by atoms with van der Waals surface area (Å²) in [5, 5.41) is 5.95. The van der Waals surface area contributed by atoms with Crippen molar-refractivity contribution in [1.82, 2.24) is 0 Å². The molecule has 29 heavy (non-hydrogen) atoms. The molecule has 5 heteroatoms. The van der Waals surface area contributed by atoms with E-state index in [1.807, 2.05) is 54.6 Å². The maximum Gasteiger partial charge on any atom is 0.243 e. The van der Waals surface area contributed by atoms with Crippen molar-refractivity contribution in [2.24, 2.45) is 0 Å². The van der Waals surface area contributed by atoms with Crippen LogP contribution in [0.5, 0.6) is 11.5 Å². The summed E-state index contributed by atoms with van der Waals surface area (Å²) in [5.41, 5.74) is 3.26. The number of nitrogens with one attached hydrogen (secondary N) is 2. The van der Waals surface area contributed by atoms with E-state index in [0.717, 1.165) is 16.8 Å². The molecule has 0 atom stereocenters. The number of benzene rings is 3. The fourth-order valence-corrected chi connectivity index (χ4v) is 2.64. The molecule has 3 aromatic carbocycles. The molecule has 0 aromatic heterocycles. The lowest BCUT2D eigenvalue weighted by Gasteiger charge is -2.11. The summed E-state index contributed by atoms with van der Waals surface area (Å²) in [6.45, 7) is 0.120. The van der Waals surface area contributed by atoms with Crippen molar-refractivity contribution in [1.29, 1.82) is 0 Å². The molecule has 5 nitrogen and oxygen atoms in total. The largest absolute Gasteiger partial charge is 0.497 e. The first-order chi connectivity index (χ1) is 14.2. The number of rotatable bonds is 6. The zero-order valence-electron chi connectivity index (χ0n) is 16.4. The summed E-state index contributed by atoms with van der Waals surface area (Å²) < 4.78 is 10.4. The highest BCUT2D eigenvalue weighted by Gasteiger charge is 2.06. The van der Waals surface area contributed by atoms with Crippen molar-refractivity contribution in [3.05, 3.63) is 83.9 Å². The second-order valence-corrected chi connectivity index (χ2v) is 6.20. The van der Waals surface area contributed by atoms with Crippen LogP contribution >= 0.6 is 0 Å². The van der Waals surface area contributed by atoms with Crippen molar-refractivity contribution >= 4 is 17.3 Å². The molecule has 0 bridgehead atoms. The first-order valence-electron chi connectivity index (χ1n) is 9.10. The Morgan fingerprint density at radius 3 is 2.14 bits per heavy atom. The normalized spacial score (nSPS) is 9.72. The number of carbonyl (C=O) groups excluding carboxylic acids is 1. The van der Waals surface area contributed by atoms with Crippen molar-refractivity contribution < 1.29 is 14.3 Å². The first-order valence-corrected chi connectivity index (χ1v) is 9.10. The average Bonchev–Trinajstić information content (AvgIpc) is 2.77. The minimum atomic E-state index is -0.180. The second kappa shape index (κ2) is 9.86. The van der Waals surface area contributed by atoms with Gasteiger partial charge in [-0.05, 0) is 30.3 Å². The van der Waals surface area contributed by atoms with Gasteiger partial charge in [0.25, 0.3) is 0 Å². The second-order valence-electron chi connectivity index (χ2n) is 6.20. The van der Waals surface area contributed by atoms with Gasteiger partial charge in [-0.3, -0.25) is 4.79 Å². The Labute approximate surface area is 170 Å². The van der Waals surface area contributed by atoms with Crippen LogP contribution in [0.2, 0.25) is 0 Å². The van der Waals surface area contributed by atoms with E-state index in [9.17, 15) is 4.79 Å². The molecule has 0 saturated carbocycles. The minimum absolute atomic E-state index is 0.120.